The second-order valence-electron chi connectivity index (χ2n) is 9.16. The van der Waals surface area contributed by atoms with Gasteiger partial charge in [0.05, 0.1) is 6.42 Å². The van der Waals surface area contributed by atoms with Crippen molar-refractivity contribution < 1.29 is 14.3 Å². The van der Waals surface area contributed by atoms with Gasteiger partial charge in [-0.05, 0) is 57.1 Å². The third-order valence-electron chi connectivity index (χ3n) is 6.99. The number of nitrogens with zero attached hydrogens (tertiary/aromatic N) is 2. The van der Waals surface area contributed by atoms with Crippen LogP contribution in [0.3, 0.4) is 0 Å². The van der Waals surface area contributed by atoms with E-state index in [1.54, 1.807) is 6.92 Å². The van der Waals surface area contributed by atoms with Crippen molar-refractivity contribution in [3.8, 4) is 5.75 Å². The molecule has 0 unspecified atom stereocenters. The summed E-state index contributed by atoms with van der Waals surface area (Å²) in [5.74, 6) is 0.892. The molecule has 0 spiro atoms. The minimum atomic E-state index is -0.565. The zero-order chi connectivity index (χ0) is 24.1. The van der Waals surface area contributed by atoms with Gasteiger partial charge in [-0.15, -0.1) is 0 Å². The SMILES string of the molecule is Cc1[nH]c(=O)[nH]c(=O)c1CC(=O)N1CCCC[C@H]1C1CCN(C(=O)COc2ccccc2)CC1. The molecule has 0 saturated carbocycles. The van der Waals surface area contributed by atoms with E-state index in [1.165, 1.54) is 0 Å². The lowest BCUT2D eigenvalue weighted by Crippen LogP contribution is -2.52. The molecule has 182 valence electrons. The van der Waals surface area contributed by atoms with Gasteiger partial charge in [-0.2, -0.15) is 0 Å². The molecular formula is C25H32N4O5. The molecule has 2 N–H and O–H groups in total. The van der Waals surface area contributed by atoms with E-state index in [2.05, 4.69) is 9.97 Å². The fourth-order valence-corrected chi connectivity index (χ4v) is 5.14. The Labute approximate surface area is 198 Å². The number of aryl methyl sites for hydroxylation is 1. The minimum Gasteiger partial charge on any atom is -0.484 e. The monoisotopic (exact) mass is 468 g/mol. The highest BCUT2D eigenvalue weighted by atomic mass is 16.5. The minimum absolute atomic E-state index is 0.0216. The molecule has 1 atom stereocenters. The van der Waals surface area contributed by atoms with Crippen LogP contribution >= 0.6 is 0 Å². The van der Waals surface area contributed by atoms with Gasteiger partial charge in [0.1, 0.15) is 5.75 Å². The van der Waals surface area contributed by atoms with Crippen molar-refractivity contribution in [2.45, 2.75) is 51.5 Å². The lowest BCUT2D eigenvalue weighted by Gasteiger charge is -2.43. The van der Waals surface area contributed by atoms with E-state index in [0.717, 1.165) is 32.1 Å². The third kappa shape index (κ3) is 5.58. The highest BCUT2D eigenvalue weighted by Crippen LogP contribution is 2.31. The summed E-state index contributed by atoms with van der Waals surface area (Å²) in [4.78, 5) is 58.0. The number of likely N-dealkylation sites (tertiary alicyclic amines) is 2. The zero-order valence-electron chi connectivity index (χ0n) is 19.5. The average molecular weight is 469 g/mol. The number of amides is 2. The average Bonchev–Trinajstić information content (AvgIpc) is 2.85. The largest absolute Gasteiger partial charge is 0.484 e. The molecule has 2 saturated heterocycles. The van der Waals surface area contributed by atoms with E-state index in [1.807, 2.05) is 40.1 Å². The number of piperidine rings is 2. The number of carbonyl (C=O) groups is 2. The number of hydrogen-bond donors (Lipinski definition) is 2. The Kier molecular flexibility index (Phi) is 7.49. The molecule has 0 radical (unpaired) electrons. The quantitative estimate of drug-likeness (QED) is 0.668. The van der Waals surface area contributed by atoms with E-state index < -0.39 is 11.2 Å². The fraction of sp³-hybridized carbons (Fsp3) is 0.520. The Morgan fingerprint density at radius 2 is 1.71 bits per heavy atom. The predicted molar refractivity (Wildman–Crippen MR) is 127 cm³/mol. The summed E-state index contributed by atoms with van der Waals surface area (Å²) in [7, 11) is 0. The first-order chi connectivity index (χ1) is 16.4. The Balaban J connectivity index is 1.34. The maximum Gasteiger partial charge on any atom is 0.325 e. The van der Waals surface area contributed by atoms with Gasteiger partial charge in [-0.25, -0.2) is 4.79 Å². The Morgan fingerprint density at radius 1 is 0.971 bits per heavy atom. The van der Waals surface area contributed by atoms with Crippen molar-refractivity contribution in [2.24, 2.45) is 5.92 Å². The summed E-state index contributed by atoms with van der Waals surface area (Å²) in [6.45, 7) is 3.64. The van der Waals surface area contributed by atoms with Gasteiger partial charge < -0.3 is 19.5 Å². The van der Waals surface area contributed by atoms with Crippen LogP contribution in [0.2, 0.25) is 0 Å². The Bertz CT molecular complexity index is 1120. The van der Waals surface area contributed by atoms with E-state index in [-0.39, 0.29) is 30.9 Å². The first-order valence-corrected chi connectivity index (χ1v) is 12.0. The van der Waals surface area contributed by atoms with E-state index >= 15 is 0 Å². The van der Waals surface area contributed by atoms with E-state index in [4.69, 9.17) is 4.74 Å². The summed E-state index contributed by atoms with van der Waals surface area (Å²) in [5.41, 5.74) is -0.328. The topological polar surface area (TPSA) is 116 Å². The Hall–Kier alpha value is -3.36. The third-order valence-corrected chi connectivity index (χ3v) is 6.99. The van der Waals surface area contributed by atoms with E-state index in [9.17, 15) is 19.2 Å². The van der Waals surface area contributed by atoms with Crippen LogP contribution in [0.5, 0.6) is 5.75 Å². The molecule has 9 nitrogen and oxygen atoms in total. The summed E-state index contributed by atoms with van der Waals surface area (Å²) >= 11 is 0. The lowest BCUT2D eigenvalue weighted by molar-refractivity contribution is -0.139. The summed E-state index contributed by atoms with van der Waals surface area (Å²) in [6, 6.07) is 9.42. The number of ether oxygens (including phenoxy) is 1. The van der Waals surface area contributed by atoms with Crippen molar-refractivity contribution in [2.75, 3.05) is 26.2 Å². The van der Waals surface area contributed by atoms with Gasteiger partial charge in [0.15, 0.2) is 6.61 Å². The molecule has 4 rings (SSSR count). The second-order valence-corrected chi connectivity index (χ2v) is 9.16. The molecule has 2 aliphatic heterocycles. The van der Waals surface area contributed by atoms with E-state index in [0.29, 0.717) is 42.6 Å². The molecule has 34 heavy (non-hydrogen) atoms. The lowest BCUT2D eigenvalue weighted by atomic mass is 9.83. The van der Waals surface area contributed by atoms with Crippen molar-refractivity contribution in [3.05, 3.63) is 62.4 Å². The standard InChI is InChI=1S/C25H32N4O5/c1-17-20(24(32)27-25(33)26-17)15-22(30)29-12-6-5-9-21(29)18-10-13-28(14-11-18)23(31)16-34-19-7-3-2-4-8-19/h2-4,7-8,18,21H,5-6,9-16H2,1H3,(H2,26,27,32,33)/t21-/m0/s1. The molecular weight excluding hydrogens is 436 g/mol. The molecule has 1 aromatic carbocycles. The van der Waals surface area contributed by atoms with Crippen LogP contribution in [-0.2, 0) is 16.0 Å². The van der Waals surface area contributed by atoms with Crippen LogP contribution in [0.15, 0.2) is 39.9 Å². The van der Waals surface area contributed by atoms with Crippen molar-refractivity contribution in [1.82, 2.24) is 19.8 Å². The predicted octanol–water partition coefficient (Wildman–Crippen LogP) is 1.61. The molecule has 2 amide bonds. The summed E-state index contributed by atoms with van der Waals surface area (Å²) < 4.78 is 5.60. The Morgan fingerprint density at radius 3 is 2.41 bits per heavy atom. The van der Waals surface area contributed by atoms with Crippen LogP contribution in [0, 0.1) is 12.8 Å². The number of nitrogens with one attached hydrogen (secondary N) is 2. The molecule has 2 aliphatic rings. The number of hydrogen-bond acceptors (Lipinski definition) is 5. The zero-order valence-corrected chi connectivity index (χ0v) is 19.5. The van der Waals surface area contributed by atoms with Gasteiger partial charge in [-0.3, -0.25) is 19.4 Å². The fourth-order valence-electron chi connectivity index (χ4n) is 5.14. The second kappa shape index (κ2) is 10.7. The molecule has 0 bridgehead atoms. The number of rotatable bonds is 6. The summed E-state index contributed by atoms with van der Waals surface area (Å²) in [5, 5.41) is 0. The van der Waals surface area contributed by atoms with Crippen LogP contribution in [0.25, 0.3) is 0 Å². The first-order valence-electron chi connectivity index (χ1n) is 12.0. The maximum atomic E-state index is 13.2. The van der Waals surface area contributed by atoms with Crippen LogP contribution < -0.4 is 16.0 Å². The number of aromatic amines is 2. The maximum absolute atomic E-state index is 13.2. The number of aromatic nitrogens is 2. The molecule has 9 heteroatoms. The first kappa shape index (κ1) is 23.8. The molecule has 3 heterocycles. The van der Waals surface area contributed by atoms with Gasteiger partial charge in [0, 0.05) is 36.9 Å². The highest BCUT2D eigenvalue weighted by Gasteiger charge is 2.35. The van der Waals surface area contributed by atoms with Gasteiger partial charge in [0.25, 0.3) is 11.5 Å². The summed E-state index contributed by atoms with van der Waals surface area (Å²) in [6.07, 6.45) is 4.59. The molecule has 2 aromatic rings. The molecule has 1 aromatic heterocycles. The number of para-hydroxylation sites is 1. The number of benzene rings is 1. The number of H-pyrrole nitrogens is 2. The normalized spacial score (nSPS) is 19.1. The van der Waals surface area contributed by atoms with Gasteiger partial charge in [0.2, 0.25) is 5.91 Å². The van der Waals surface area contributed by atoms with Gasteiger partial charge >= 0.3 is 5.69 Å². The number of carbonyl (C=O) groups excluding carboxylic acids is 2. The van der Waals surface area contributed by atoms with Crippen LogP contribution in [0.1, 0.15) is 43.4 Å². The smallest absolute Gasteiger partial charge is 0.325 e. The highest BCUT2D eigenvalue weighted by molar-refractivity contribution is 5.79. The van der Waals surface area contributed by atoms with Crippen LogP contribution in [-0.4, -0.2) is 63.9 Å². The van der Waals surface area contributed by atoms with Crippen molar-refractivity contribution in [1.29, 1.82) is 0 Å². The molecule has 2 fully saturated rings. The van der Waals surface area contributed by atoms with Crippen LogP contribution in [0.4, 0.5) is 0 Å². The van der Waals surface area contributed by atoms with Crippen molar-refractivity contribution in [3.63, 3.8) is 0 Å². The molecule has 0 aliphatic carbocycles. The van der Waals surface area contributed by atoms with Crippen molar-refractivity contribution >= 4 is 11.8 Å². The van der Waals surface area contributed by atoms with Gasteiger partial charge in [-0.1, -0.05) is 18.2 Å².